The van der Waals surface area contributed by atoms with Crippen LogP contribution < -0.4 is 5.32 Å². The first-order valence-electron chi connectivity index (χ1n) is 9.36. The Kier molecular flexibility index (Phi) is 3.93. The van der Waals surface area contributed by atoms with E-state index in [1.807, 2.05) is 30.3 Å². The van der Waals surface area contributed by atoms with Crippen molar-refractivity contribution in [2.75, 3.05) is 19.6 Å². The molecule has 3 aliphatic heterocycles. The molecule has 1 aromatic heterocycles. The van der Waals surface area contributed by atoms with Crippen LogP contribution in [-0.4, -0.2) is 41.5 Å². The predicted octanol–water partition coefficient (Wildman–Crippen LogP) is 3.46. The van der Waals surface area contributed by atoms with Crippen LogP contribution in [0.2, 0.25) is 0 Å². The Bertz CT molecular complexity index is 993. The monoisotopic (exact) mass is 365 g/mol. The smallest absolute Gasteiger partial charge is 0.253 e. The first-order chi connectivity index (χ1) is 13.2. The third-order valence-electron chi connectivity index (χ3n) is 5.70. The molecule has 2 bridgehead atoms. The van der Waals surface area contributed by atoms with Crippen molar-refractivity contribution >= 4 is 17.0 Å². The number of nitrogens with one attached hydrogen (secondary N) is 1. The minimum absolute atomic E-state index is 0.110. The molecule has 1 N–H and O–H groups in total. The number of rotatable bonds is 3. The number of hydrogen-bond acceptors (Lipinski definition) is 4. The molecule has 6 rings (SSSR count). The van der Waals surface area contributed by atoms with Crippen molar-refractivity contribution in [1.29, 1.82) is 0 Å². The van der Waals surface area contributed by atoms with E-state index in [2.05, 4.69) is 15.2 Å². The standard InChI is InChI=1S/C21H20FN3O2/c22-15-10-16(20(26)23-17-12-25-8-6-13(17)7-9-25)19-18(11-15)27-21(24-19)14-4-2-1-3-5-14/h1-5,10-11,13,17H,6-9,12H2,(H,23,26)/t17-/m1/s1. The number of oxazole rings is 1. The fourth-order valence-electron chi connectivity index (χ4n) is 4.25. The molecule has 0 saturated carbocycles. The van der Waals surface area contributed by atoms with Gasteiger partial charge >= 0.3 is 0 Å². The summed E-state index contributed by atoms with van der Waals surface area (Å²) in [6.07, 6.45) is 2.21. The van der Waals surface area contributed by atoms with Crippen LogP contribution in [0.5, 0.6) is 0 Å². The number of carbonyl (C=O) groups is 1. The number of amides is 1. The zero-order valence-corrected chi connectivity index (χ0v) is 14.8. The number of piperidine rings is 3. The molecule has 0 aliphatic carbocycles. The van der Waals surface area contributed by atoms with Gasteiger partial charge in [0.15, 0.2) is 5.58 Å². The quantitative estimate of drug-likeness (QED) is 0.772. The van der Waals surface area contributed by atoms with E-state index in [1.165, 1.54) is 12.1 Å². The molecule has 3 saturated heterocycles. The Hall–Kier alpha value is -2.73. The van der Waals surface area contributed by atoms with Crippen molar-refractivity contribution in [2.45, 2.75) is 18.9 Å². The molecule has 0 radical (unpaired) electrons. The minimum atomic E-state index is -0.502. The molecule has 1 atom stereocenters. The summed E-state index contributed by atoms with van der Waals surface area (Å²) in [5.74, 6) is 0.0942. The molecule has 5 nitrogen and oxygen atoms in total. The highest BCUT2D eigenvalue weighted by molar-refractivity contribution is 6.05. The number of aromatic nitrogens is 1. The van der Waals surface area contributed by atoms with Gasteiger partial charge in [0, 0.05) is 24.2 Å². The van der Waals surface area contributed by atoms with E-state index in [0.29, 0.717) is 17.3 Å². The van der Waals surface area contributed by atoms with Crippen LogP contribution in [-0.2, 0) is 0 Å². The highest BCUT2D eigenvalue weighted by Crippen LogP contribution is 2.30. The van der Waals surface area contributed by atoms with Gasteiger partial charge in [-0.1, -0.05) is 18.2 Å². The topological polar surface area (TPSA) is 58.4 Å². The Labute approximate surface area is 156 Å². The molecule has 6 heteroatoms. The molecule has 0 unspecified atom stereocenters. The maximum atomic E-state index is 14.1. The van der Waals surface area contributed by atoms with E-state index in [4.69, 9.17) is 4.42 Å². The van der Waals surface area contributed by atoms with E-state index in [9.17, 15) is 9.18 Å². The van der Waals surface area contributed by atoms with Crippen molar-refractivity contribution in [3.63, 3.8) is 0 Å². The van der Waals surface area contributed by atoms with Crippen molar-refractivity contribution in [2.24, 2.45) is 5.92 Å². The Balaban J connectivity index is 1.48. The van der Waals surface area contributed by atoms with E-state index in [-0.39, 0.29) is 23.1 Å². The van der Waals surface area contributed by atoms with Crippen molar-refractivity contribution in [1.82, 2.24) is 15.2 Å². The first kappa shape index (κ1) is 16.4. The molecule has 3 aliphatic rings. The first-order valence-corrected chi connectivity index (χ1v) is 9.36. The normalized spacial score (nSPS) is 24.3. The van der Waals surface area contributed by atoms with Gasteiger partial charge in [-0.15, -0.1) is 0 Å². The summed E-state index contributed by atoms with van der Waals surface area (Å²) in [6, 6.07) is 12.0. The second-order valence-corrected chi connectivity index (χ2v) is 7.40. The fraction of sp³-hybridized carbons (Fsp3) is 0.333. The zero-order valence-electron chi connectivity index (χ0n) is 14.8. The Morgan fingerprint density at radius 1 is 1.19 bits per heavy atom. The summed E-state index contributed by atoms with van der Waals surface area (Å²) in [4.78, 5) is 19.8. The lowest BCUT2D eigenvalue weighted by atomic mass is 9.84. The van der Waals surface area contributed by atoms with Gasteiger partial charge in [0.05, 0.1) is 5.56 Å². The summed E-state index contributed by atoms with van der Waals surface area (Å²) in [5.41, 5.74) is 1.70. The predicted molar refractivity (Wildman–Crippen MR) is 99.8 cm³/mol. The average molecular weight is 365 g/mol. The van der Waals surface area contributed by atoms with E-state index in [0.717, 1.165) is 38.0 Å². The third-order valence-corrected chi connectivity index (χ3v) is 5.70. The highest BCUT2D eigenvalue weighted by Gasteiger charge is 2.35. The van der Waals surface area contributed by atoms with Crippen LogP contribution in [0.15, 0.2) is 46.9 Å². The number of carbonyl (C=O) groups excluding carboxylic acids is 1. The molecule has 27 heavy (non-hydrogen) atoms. The summed E-state index contributed by atoms with van der Waals surface area (Å²) < 4.78 is 19.8. The maximum Gasteiger partial charge on any atom is 0.253 e. The summed E-state index contributed by atoms with van der Waals surface area (Å²) >= 11 is 0. The van der Waals surface area contributed by atoms with Crippen LogP contribution in [0.3, 0.4) is 0 Å². The number of benzene rings is 2. The van der Waals surface area contributed by atoms with Gasteiger partial charge in [-0.05, 0) is 50.0 Å². The lowest BCUT2D eigenvalue weighted by Gasteiger charge is -2.44. The van der Waals surface area contributed by atoms with E-state index >= 15 is 0 Å². The SMILES string of the molecule is O=C(N[C@@H]1CN2CCC1CC2)c1cc(F)cc2oc(-c3ccccc3)nc12. The highest BCUT2D eigenvalue weighted by atomic mass is 19.1. The molecule has 2 aromatic carbocycles. The lowest BCUT2D eigenvalue weighted by molar-refractivity contribution is 0.0621. The second kappa shape index (κ2) is 6.46. The van der Waals surface area contributed by atoms with E-state index < -0.39 is 5.82 Å². The van der Waals surface area contributed by atoms with Crippen LogP contribution in [0.4, 0.5) is 4.39 Å². The zero-order chi connectivity index (χ0) is 18.4. The van der Waals surface area contributed by atoms with Crippen LogP contribution in [0.1, 0.15) is 23.2 Å². The molecule has 0 spiro atoms. The molecule has 138 valence electrons. The largest absolute Gasteiger partial charge is 0.436 e. The van der Waals surface area contributed by atoms with Crippen LogP contribution in [0.25, 0.3) is 22.6 Å². The van der Waals surface area contributed by atoms with Crippen molar-refractivity contribution in [3.05, 3.63) is 53.8 Å². The maximum absolute atomic E-state index is 14.1. The van der Waals surface area contributed by atoms with Crippen LogP contribution in [0, 0.1) is 11.7 Å². The molecule has 4 heterocycles. The van der Waals surface area contributed by atoms with Crippen LogP contribution >= 0.6 is 0 Å². The van der Waals surface area contributed by atoms with Gasteiger partial charge in [0.1, 0.15) is 11.3 Å². The van der Waals surface area contributed by atoms with Gasteiger partial charge in [-0.3, -0.25) is 4.79 Å². The molecular formula is C21H20FN3O2. The van der Waals surface area contributed by atoms with Gasteiger partial charge in [-0.2, -0.15) is 0 Å². The van der Waals surface area contributed by atoms with Gasteiger partial charge < -0.3 is 14.6 Å². The number of halogens is 1. The Morgan fingerprint density at radius 2 is 1.96 bits per heavy atom. The third kappa shape index (κ3) is 3.00. The van der Waals surface area contributed by atoms with Gasteiger partial charge in [0.2, 0.25) is 5.89 Å². The summed E-state index contributed by atoms with van der Waals surface area (Å²) in [6.45, 7) is 3.07. The summed E-state index contributed by atoms with van der Waals surface area (Å²) in [5, 5.41) is 3.11. The molecule has 1 amide bonds. The van der Waals surface area contributed by atoms with Gasteiger partial charge in [-0.25, -0.2) is 9.37 Å². The minimum Gasteiger partial charge on any atom is -0.436 e. The molecule has 3 fully saturated rings. The lowest BCUT2D eigenvalue weighted by Crippen LogP contribution is -2.57. The number of hydrogen-bond donors (Lipinski definition) is 1. The van der Waals surface area contributed by atoms with Crippen molar-refractivity contribution < 1.29 is 13.6 Å². The molecular weight excluding hydrogens is 345 g/mol. The number of fused-ring (bicyclic) bond motifs is 4. The number of nitrogens with zero attached hydrogens (tertiary/aromatic N) is 2. The Morgan fingerprint density at radius 3 is 2.67 bits per heavy atom. The molecule has 3 aromatic rings. The fourth-order valence-corrected chi connectivity index (χ4v) is 4.25. The average Bonchev–Trinajstić information content (AvgIpc) is 3.13. The summed E-state index contributed by atoms with van der Waals surface area (Å²) in [7, 11) is 0. The van der Waals surface area contributed by atoms with E-state index in [1.54, 1.807) is 0 Å². The van der Waals surface area contributed by atoms with Gasteiger partial charge in [0.25, 0.3) is 5.91 Å². The second-order valence-electron chi connectivity index (χ2n) is 7.40. The van der Waals surface area contributed by atoms with Crippen molar-refractivity contribution in [3.8, 4) is 11.5 Å².